The highest BCUT2D eigenvalue weighted by Gasteiger charge is 2.45. The summed E-state index contributed by atoms with van der Waals surface area (Å²) < 4.78 is 0. The van der Waals surface area contributed by atoms with E-state index in [0.29, 0.717) is 17.3 Å². The van der Waals surface area contributed by atoms with Gasteiger partial charge in [-0.2, -0.15) is 0 Å². The van der Waals surface area contributed by atoms with Gasteiger partial charge in [-0.25, -0.2) is 0 Å². The van der Waals surface area contributed by atoms with Crippen molar-refractivity contribution < 1.29 is 5.11 Å². The number of benzene rings is 1. The van der Waals surface area contributed by atoms with Gasteiger partial charge in [-0.15, -0.1) is 0 Å². The number of hydrogen-bond donors (Lipinski definition) is 2. The standard InChI is InChI=1S/C11H14ClNO/c1-7-4-8(12)5-9(10(7)14)11(6-13)2-3-11/h4-5,14H,2-3,6,13H2,1H3. The summed E-state index contributed by atoms with van der Waals surface area (Å²) in [5.74, 6) is 0.359. The van der Waals surface area contributed by atoms with Crippen molar-refractivity contribution in [1.82, 2.24) is 0 Å². The largest absolute Gasteiger partial charge is 0.507 e. The highest BCUT2D eigenvalue weighted by Crippen LogP contribution is 2.51. The van der Waals surface area contributed by atoms with Crippen molar-refractivity contribution in [2.75, 3.05) is 6.54 Å². The summed E-state index contributed by atoms with van der Waals surface area (Å²) in [4.78, 5) is 0. The van der Waals surface area contributed by atoms with Crippen LogP contribution in [0.4, 0.5) is 0 Å². The molecule has 1 aliphatic carbocycles. The minimum atomic E-state index is -0.000255. The first-order valence-electron chi connectivity index (χ1n) is 4.79. The van der Waals surface area contributed by atoms with Gasteiger partial charge in [-0.05, 0) is 37.5 Å². The molecule has 1 aliphatic rings. The predicted octanol–water partition coefficient (Wildman–Crippen LogP) is 2.34. The molecule has 0 amide bonds. The Labute approximate surface area is 88.7 Å². The fourth-order valence-corrected chi connectivity index (χ4v) is 2.15. The van der Waals surface area contributed by atoms with Gasteiger partial charge in [0.25, 0.3) is 0 Å². The van der Waals surface area contributed by atoms with Gasteiger partial charge in [0.15, 0.2) is 0 Å². The molecule has 1 aromatic rings. The molecule has 0 atom stereocenters. The maximum absolute atomic E-state index is 9.91. The van der Waals surface area contributed by atoms with E-state index in [2.05, 4.69) is 0 Å². The molecule has 0 unspecified atom stereocenters. The van der Waals surface area contributed by atoms with Gasteiger partial charge >= 0.3 is 0 Å². The van der Waals surface area contributed by atoms with Crippen molar-refractivity contribution in [3.8, 4) is 5.75 Å². The van der Waals surface area contributed by atoms with Crippen LogP contribution in [0.5, 0.6) is 5.75 Å². The summed E-state index contributed by atoms with van der Waals surface area (Å²) in [5, 5.41) is 10.6. The molecule has 0 aromatic heterocycles. The highest BCUT2D eigenvalue weighted by molar-refractivity contribution is 6.30. The second kappa shape index (κ2) is 3.14. The molecular weight excluding hydrogens is 198 g/mol. The van der Waals surface area contributed by atoms with Crippen LogP contribution in [0, 0.1) is 6.92 Å². The molecule has 76 valence electrons. The lowest BCUT2D eigenvalue weighted by atomic mass is 9.93. The zero-order valence-electron chi connectivity index (χ0n) is 8.18. The van der Waals surface area contributed by atoms with Crippen LogP contribution in [0.2, 0.25) is 5.02 Å². The minimum absolute atomic E-state index is 0.000255. The van der Waals surface area contributed by atoms with Crippen LogP contribution in [0.15, 0.2) is 12.1 Å². The van der Waals surface area contributed by atoms with Crippen molar-refractivity contribution in [2.24, 2.45) is 5.73 Å². The molecule has 0 bridgehead atoms. The van der Waals surface area contributed by atoms with Crippen LogP contribution in [-0.2, 0) is 5.41 Å². The second-order valence-electron chi connectivity index (χ2n) is 4.10. The Bertz CT molecular complexity index is 372. The van der Waals surface area contributed by atoms with Gasteiger partial charge in [0.05, 0.1) is 0 Å². The molecule has 3 N–H and O–H groups in total. The van der Waals surface area contributed by atoms with Gasteiger partial charge in [-0.3, -0.25) is 0 Å². The van der Waals surface area contributed by atoms with Crippen molar-refractivity contribution in [3.63, 3.8) is 0 Å². The summed E-state index contributed by atoms with van der Waals surface area (Å²) in [7, 11) is 0. The first-order chi connectivity index (χ1) is 6.59. The summed E-state index contributed by atoms with van der Waals surface area (Å²) >= 11 is 5.96. The SMILES string of the molecule is Cc1cc(Cl)cc(C2(CN)CC2)c1O. The number of hydrogen-bond acceptors (Lipinski definition) is 2. The quantitative estimate of drug-likeness (QED) is 0.789. The Hall–Kier alpha value is -0.730. The Morgan fingerprint density at radius 2 is 2.14 bits per heavy atom. The molecule has 1 fully saturated rings. The van der Waals surface area contributed by atoms with Crippen LogP contribution in [0.25, 0.3) is 0 Å². The van der Waals surface area contributed by atoms with E-state index in [1.807, 2.05) is 13.0 Å². The van der Waals surface area contributed by atoms with E-state index in [0.717, 1.165) is 24.0 Å². The lowest BCUT2D eigenvalue weighted by molar-refractivity contribution is 0.455. The smallest absolute Gasteiger partial charge is 0.122 e. The molecule has 0 heterocycles. The molecular formula is C11H14ClNO. The highest BCUT2D eigenvalue weighted by atomic mass is 35.5. The minimum Gasteiger partial charge on any atom is -0.507 e. The Kier molecular flexibility index (Phi) is 2.20. The van der Waals surface area contributed by atoms with Gasteiger partial charge in [0.2, 0.25) is 0 Å². The predicted molar refractivity (Wildman–Crippen MR) is 57.8 cm³/mol. The lowest BCUT2D eigenvalue weighted by Crippen LogP contribution is -2.20. The summed E-state index contributed by atoms with van der Waals surface area (Å²) in [6, 6.07) is 3.61. The van der Waals surface area contributed by atoms with Crippen molar-refractivity contribution in [3.05, 3.63) is 28.3 Å². The Morgan fingerprint density at radius 3 is 2.64 bits per heavy atom. The summed E-state index contributed by atoms with van der Waals surface area (Å²) in [6.07, 6.45) is 2.10. The van der Waals surface area contributed by atoms with Crippen LogP contribution in [-0.4, -0.2) is 11.7 Å². The Balaban J connectivity index is 2.52. The van der Waals surface area contributed by atoms with Crippen LogP contribution in [0.3, 0.4) is 0 Å². The van der Waals surface area contributed by atoms with Crippen molar-refractivity contribution >= 4 is 11.6 Å². The summed E-state index contributed by atoms with van der Waals surface area (Å²) in [6.45, 7) is 2.44. The molecule has 1 saturated carbocycles. The average Bonchev–Trinajstić information content (AvgIpc) is 2.92. The third-order valence-corrected chi connectivity index (χ3v) is 3.30. The Morgan fingerprint density at radius 1 is 1.50 bits per heavy atom. The average molecular weight is 212 g/mol. The number of halogens is 1. The zero-order chi connectivity index (χ0) is 10.3. The molecule has 1 aromatic carbocycles. The van der Waals surface area contributed by atoms with E-state index in [4.69, 9.17) is 17.3 Å². The number of nitrogens with two attached hydrogens (primary N) is 1. The molecule has 0 spiro atoms. The topological polar surface area (TPSA) is 46.2 Å². The normalized spacial score (nSPS) is 18.2. The second-order valence-corrected chi connectivity index (χ2v) is 4.54. The molecule has 14 heavy (non-hydrogen) atoms. The van der Waals surface area contributed by atoms with Gasteiger partial charge in [-0.1, -0.05) is 11.6 Å². The molecule has 2 rings (SSSR count). The third-order valence-electron chi connectivity index (χ3n) is 3.08. The van der Waals surface area contributed by atoms with Crippen molar-refractivity contribution in [2.45, 2.75) is 25.2 Å². The molecule has 3 heteroatoms. The van der Waals surface area contributed by atoms with E-state index in [1.54, 1.807) is 6.07 Å². The number of phenolic OH excluding ortho intramolecular Hbond substituents is 1. The van der Waals surface area contributed by atoms with Gasteiger partial charge in [0.1, 0.15) is 5.75 Å². The van der Waals surface area contributed by atoms with Gasteiger partial charge in [0, 0.05) is 22.5 Å². The van der Waals surface area contributed by atoms with E-state index in [9.17, 15) is 5.11 Å². The van der Waals surface area contributed by atoms with Crippen LogP contribution < -0.4 is 5.73 Å². The van der Waals surface area contributed by atoms with Crippen molar-refractivity contribution in [1.29, 1.82) is 0 Å². The van der Waals surface area contributed by atoms with E-state index >= 15 is 0 Å². The summed E-state index contributed by atoms with van der Waals surface area (Å²) in [5.41, 5.74) is 7.46. The first kappa shape index (κ1) is 9.81. The molecule has 0 saturated heterocycles. The molecule has 0 aliphatic heterocycles. The van der Waals surface area contributed by atoms with E-state index in [-0.39, 0.29) is 5.41 Å². The lowest BCUT2D eigenvalue weighted by Gasteiger charge is -2.16. The maximum atomic E-state index is 9.91. The monoisotopic (exact) mass is 211 g/mol. The fourth-order valence-electron chi connectivity index (χ4n) is 1.87. The van der Waals surface area contributed by atoms with Gasteiger partial charge < -0.3 is 10.8 Å². The van der Waals surface area contributed by atoms with Crippen LogP contribution >= 0.6 is 11.6 Å². The number of aromatic hydroxyl groups is 1. The van der Waals surface area contributed by atoms with E-state index < -0.39 is 0 Å². The number of aryl methyl sites for hydroxylation is 1. The van der Waals surface area contributed by atoms with E-state index in [1.165, 1.54) is 0 Å². The maximum Gasteiger partial charge on any atom is 0.122 e. The molecule has 0 radical (unpaired) electrons. The number of rotatable bonds is 2. The zero-order valence-corrected chi connectivity index (χ0v) is 8.93. The fraction of sp³-hybridized carbons (Fsp3) is 0.455. The number of phenols is 1. The third kappa shape index (κ3) is 1.39. The molecule has 2 nitrogen and oxygen atoms in total. The first-order valence-corrected chi connectivity index (χ1v) is 5.16. The van der Waals surface area contributed by atoms with Crippen LogP contribution in [0.1, 0.15) is 24.0 Å².